The molecule has 0 saturated carbocycles. The summed E-state index contributed by atoms with van der Waals surface area (Å²) in [5, 5.41) is 124. The second-order valence-corrected chi connectivity index (χ2v) is 11.6. The van der Waals surface area contributed by atoms with Crippen molar-refractivity contribution < 1.29 is 104 Å². The highest BCUT2D eigenvalue weighted by Crippen LogP contribution is 2.33. The lowest BCUT2D eigenvalue weighted by Crippen LogP contribution is -2.67. The Morgan fingerprint density at radius 3 is 1.26 bits per heavy atom. The minimum atomic E-state index is -2.02. The molecule has 0 aromatic heterocycles. The third kappa shape index (κ3) is 8.06. The number of aliphatic hydroxyl groups is 12. The van der Waals surface area contributed by atoms with E-state index < -0.39 is 149 Å². The molecule has 20 unspecified atom stereocenters. The van der Waals surface area contributed by atoms with E-state index in [-0.39, 0.29) is 0 Å². The molecule has 4 rings (SSSR count). The van der Waals surface area contributed by atoms with Crippen LogP contribution in [0.15, 0.2) is 0 Å². The SMILES string of the molecule is COC1C(CO)OC(OCC2OC(OC3C(CO)OC(O)C(O)C3O)C(O)C(O)C2OC2OC(CO)C(OC)C(O)C2O)C(O)C1O. The molecule has 0 spiro atoms. The van der Waals surface area contributed by atoms with Gasteiger partial charge >= 0.3 is 0 Å². The Kier molecular flexibility index (Phi) is 14.0. The predicted octanol–water partition coefficient (Wildman–Crippen LogP) is -8.44. The summed E-state index contributed by atoms with van der Waals surface area (Å²) in [5.74, 6) is 0. The van der Waals surface area contributed by atoms with Crippen LogP contribution in [-0.4, -0.2) is 225 Å². The van der Waals surface area contributed by atoms with Crippen molar-refractivity contribution in [2.45, 2.75) is 123 Å². The van der Waals surface area contributed by atoms with E-state index in [1.54, 1.807) is 0 Å². The molecule has 4 aliphatic rings. The van der Waals surface area contributed by atoms with Crippen molar-refractivity contribution in [1.82, 2.24) is 0 Å². The summed E-state index contributed by atoms with van der Waals surface area (Å²) < 4.78 is 49.2. The van der Waals surface area contributed by atoms with Crippen LogP contribution in [0, 0.1) is 0 Å². The zero-order valence-corrected chi connectivity index (χ0v) is 25.4. The molecule has 0 amide bonds. The van der Waals surface area contributed by atoms with E-state index >= 15 is 0 Å². The van der Waals surface area contributed by atoms with Gasteiger partial charge in [-0.05, 0) is 0 Å². The van der Waals surface area contributed by atoms with E-state index in [2.05, 4.69) is 0 Å². The first-order valence-electron chi connectivity index (χ1n) is 14.9. The minimum absolute atomic E-state index is 0.638. The Morgan fingerprint density at radius 1 is 0.426 bits per heavy atom. The molecule has 0 aromatic carbocycles. The summed E-state index contributed by atoms with van der Waals surface area (Å²) in [4.78, 5) is 0. The molecule has 4 heterocycles. The van der Waals surface area contributed by atoms with E-state index in [9.17, 15) is 61.3 Å². The second kappa shape index (κ2) is 16.9. The van der Waals surface area contributed by atoms with Gasteiger partial charge in [0.25, 0.3) is 0 Å². The van der Waals surface area contributed by atoms with Crippen LogP contribution in [0.3, 0.4) is 0 Å². The smallest absolute Gasteiger partial charge is 0.187 e. The summed E-state index contributed by atoms with van der Waals surface area (Å²) in [6.07, 6.45) is -32.7. The molecule has 21 heteroatoms. The summed E-state index contributed by atoms with van der Waals surface area (Å²) >= 11 is 0. The standard InChI is InChI=1S/C26H46O21/c1-39-19-7(3-27)43-24(16(35)12(19)31)41-6-10-22(47-25-17(36)13(32)20(40-2)8(4-28)44-25)14(33)18(37)26(45-10)46-21-9(5-29)42-23(38)15(34)11(21)30/h7-38H,3-6H2,1-2H3. The van der Waals surface area contributed by atoms with Crippen LogP contribution in [0.2, 0.25) is 0 Å². The second-order valence-electron chi connectivity index (χ2n) is 11.6. The first kappa shape index (κ1) is 39.0. The van der Waals surface area contributed by atoms with Crippen molar-refractivity contribution in [3.63, 3.8) is 0 Å². The van der Waals surface area contributed by atoms with Crippen LogP contribution in [0.4, 0.5) is 0 Å². The van der Waals surface area contributed by atoms with Gasteiger partial charge in [-0.25, -0.2) is 0 Å². The van der Waals surface area contributed by atoms with Gasteiger partial charge in [0.2, 0.25) is 0 Å². The van der Waals surface area contributed by atoms with Crippen LogP contribution < -0.4 is 0 Å². The fraction of sp³-hybridized carbons (Fsp3) is 1.00. The first-order valence-corrected chi connectivity index (χ1v) is 14.9. The van der Waals surface area contributed by atoms with Crippen molar-refractivity contribution in [3.05, 3.63) is 0 Å². The fourth-order valence-corrected chi connectivity index (χ4v) is 5.99. The molecule has 4 aliphatic heterocycles. The quantitative estimate of drug-likeness (QED) is 0.0902. The van der Waals surface area contributed by atoms with Crippen LogP contribution in [0.25, 0.3) is 0 Å². The molecule has 276 valence electrons. The van der Waals surface area contributed by atoms with Crippen LogP contribution in [0.5, 0.6) is 0 Å². The lowest BCUT2D eigenvalue weighted by Gasteiger charge is -2.48. The number of aliphatic hydroxyl groups excluding tert-OH is 12. The van der Waals surface area contributed by atoms with Gasteiger partial charge in [0.15, 0.2) is 25.2 Å². The number of rotatable bonds is 12. The van der Waals surface area contributed by atoms with Crippen molar-refractivity contribution in [3.8, 4) is 0 Å². The molecule has 0 radical (unpaired) electrons. The maximum atomic E-state index is 11.2. The Balaban J connectivity index is 1.57. The summed E-state index contributed by atoms with van der Waals surface area (Å²) in [6.45, 7) is -2.83. The Bertz CT molecular complexity index is 944. The molecule has 12 N–H and O–H groups in total. The van der Waals surface area contributed by atoms with Crippen molar-refractivity contribution in [2.75, 3.05) is 40.6 Å². The van der Waals surface area contributed by atoms with E-state index in [0.29, 0.717) is 0 Å². The number of hydrogen-bond donors (Lipinski definition) is 12. The molecule has 47 heavy (non-hydrogen) atoms. The molecule has 20 atom stereocenters. The van der Waals surface area contributed by atoms with Crippen LogP contribution in [0.1, 0.15) is 0 Å². The topological polar surface area (TPSA) is 326 Å². The number of methoxy groups -OCH3 is 2. The molecule has 4 saturated heterocycles. The van der Waals surface area contributed by atoms with Gasteiger partial charge in [0.05, 0.1) is 26.4 Å². The highest BCUT2D eigenvalue weighted by molar-refractivity contribution is 4.97. The van der Waals surface area contributed by atoms with Gasteiger partial charge in [0, 0.05) is 14.2 Å². The minimum Gasteiger partial charge on any atom is -0.394 e. The van der Waals surface area contributed by atoms with Crippen LogP contribution in [-0.2, 0) is 42.6 Å². The highest BCUT2D eigenvalue weighted by Gasteiger charge is 2.54. The molecule has 0 aromatic rings. The largest absolute Gasteiger partial charge is 0.394 e. The lowest BCUT2D eigenvalue weighted by molar-refractivity contribution is -0.383. The molecule has 0 bridgehead atoms. The fourth-order valence-electron chi connectivity index (χ4n) is 5.99. The van der Waals surface area contributed by atoms with E-state index in [4.69, 9.17) is 42.6 Å². The number of hydrogen-bond acceptors (Lipinski definition) is 21. The molecule has 21 nitrogen and oxygen atoms in total. The third-order valence-corrected chi connectivity index (χ3v) is 8.67. The van der Waals surface area contributed by atoms with Crippen LogP contribution >= 0.6 is 0 Å². The molecular weight excluding hydrogens is 648 g/mol. The zero-order chi connectivity index (χ0) is 34.7. The summed E-state index contributed by atoms with van der Waals surface area (Å²) in [7, 11) is 2.43. The van der Waals surface area contributed by atoms with Gasteiger partial charge in [0.1, 0.15) is 97.7 Å². The zero-order valence-electron chi connectivity index (χ0n) is 25.4. The summed E-state index contributed by atoms with van der Waals surface area (Å²) in [6, 6.07) is 0. The van der Waals surface area contributed by atoms with Crippen molar-refractivity contribution in [2.24, 2.45) is 0 Å². The third-order valence-electron chi connectivity index (χ3n) is 8.67. The van der Waals surface area contributed by atoms with Gasteiger partial charge < -0.3 is 104 Å². The van der Waals surface area contributed by atoms with E-state index in [1.807, 2.05) is 0 Å². The van der Waals surface area contributed by atoms with Crippen molar-refractivity contribution >= 4 is 0 Å². The van der Waals surface area contributed by atoms with Gasteiger partial charge in [-0.2, -0.15) is 0 Å². The molecule has 4 fully saturated rings. The number of ether oxygens (including phenoxy) is 9. The maximum Gasteiger partial charge on any atom is 0.187 e. The van der Waals surface area contributed by atoms with E-state index in [0.717, 1.165) is 0 Å². The lowest BCUT2D eigenvalue weighted by atomic mass is 9.96. The normalized spacial score (nSPS) is 51.2. The maximum absolute atomic E-state index is 11.2. The predicted molar refractivity (Wildman–Crippen MR) is 143 cm³/mol. The Hall–Kier alpha value is -0.840. The molecular formula is C26H46O21. The Morgan fingerprint density at radius 2 is 0.787 bits per heavy atom. The highest BCUT2D eigenvalue weighted by atomic mass is 16.8. The van der Waals surface area contributed by atoms with Crippen molar-refractivity contribution in [1.29, 1.82) is 0 Å². The van der Waals surface area contributed by atoms with Gasteiger partial charge in [-0.15, -0.1) is 0 Å². The monoisotopic (exact) mass is 694 g/mol. The van der Waals surface area contributed by atoms with Gasteiger partial charge in [-0.3, -0.25) is 0 Å². The summed E-state index contributed by atoms with van der Waals surface area (Å²) in [5.41, 5.74) is 0. The average Bonchev–Trinajstić information content (AvgIpc) is 3.06. The first-order chi connectivity index (χ1) is 22.3. The Labute approximate surface area is 267 Å². The van der Waals surface area contributed by atoms with Gasteiger partial charge in [-0.1, -0.05) is 0 Å². The average molecular weight is 695 g/mol. The molecule has 0 aliphatic carbocycles. The van der Waals surface area contributed by atoms with E-state index in [1.165, 1.54) is 14.2 Å².